The molecule has 92 valence electrons. The molecular weight excluding hydrogens is 194 g/mol. The van der Waals surface area contributed by atoms with Crippen LogP contribution in [0.4, 0.5) is 0 Å². The van der Waals surface area contributed by atoms with E-state index in [0.717, 1.165) is 12.8 Å². The fourth-order valence-corrected chi connectivity index (χ4v) is 1.36. The Morgan fingerprint density at radius 2 is 1.60 bits per heavy atom. The van der Waals surface area contributed by atoms with Gasteiger partial charge in [-0.05, 0) is 12.8 Å². The molecule has 0 bridgehead atoms. The van der Waals surface area contributed by atoms with Crippen molar-refractivity contribution in [3.05, 3.63) is 0 Å². The minimum atomic E-state index is -0.162. The lowest BCUT2D eigenvalue weighted by molar-refractivity contribution is -0.0697. The van der Waals surface area contributed by atoms with E-state index < -0.39 is 0 Å². The summed E-state index contributed by atoms with van der Waals surface area (Å²) >= 11 is 0. The minimum Gasteiger partial charge on any atom is -0.382 e. The number of ether oxygens (including phenoxy) is 3. The summed E-state index contributed by atoms with van der Waals surface area (Å²) in [4.78, 5) is 0. The molecule has 4 nitrogen and oxygen atoms in total. The van der Waals surface area contributed by atoms with Gasteiger partial charge in [0.15, 0.2) is 0 Å². The minimum absolute atomic E-state index is 0.162. The molecule has 0 heterocycles. The van der Waals surface area contributed by atoms with Crippen LogP contribution < -0.4 is 5.73 Å². The molecule has 0 fully saturated rings. The summed E-state index contributed by atoms with van der Waals surface area (Å²) < 4.78 is 15.9. The predicted molar refractivity (Wildman–Crippen MR) is 61.0 cm³/mol. The van der Waals surface area contributed by atoms with Gasteiger partial charge in [0.1, 0.15) is 0 Å². The molecule has 0 spiro atoms. The Morgan fingerprint density at radius 1 is 1.00 bits per heavy atom. The van der Waals surface area contributed by atoms with Gasteiger partial charge >= 0.3 is 0 Å². The number of rotatable bonds is 10. The third-order valence-corrected chi connectivity index (χ3v) is 2.73. The predicted octanol–water partition coefficient (Wildman–Crippen LogP) is 1.18. The summed E-state index contributed by atoms with van der Waals surface area (Å²) in [6.07, 6.45) is 1.89. The van der Waals surface area contributed by atoms with E-state index in [1.807, 2.05) is 0 Å². The Hall–Kier alpha value is -0.160. The first-order valence-electron chi connectivity index (χ1n) is 5.65. The van der Waals surface area contributed by atoms with Crippen molar-refractivity contribution < 1.29 is 14.2 Å². The van der Waals surface area contributed by atoms with Crippen LogP contribution in [-0.4, -0.2) is 45.7 Å². The first kappa shape index (κ1) is 14.8. The number of hydrogen-bond acceptors (Lipinski definition) is 4. The first-order chi connectivity index (χ1) is 7.24. The molecule has 15 heavy (non-hydrogen) atoms. The van der Waals surface area contributed by atoms with Crippen LogP contribution in [0.15, 0.2) is 0 Å². The zero-order chi connectivity index (χ0) is 11.6. The lowest BCUT2D eigenvalue weighted by Crippen LogP contribution is -2.40. The lowest BCUT2D eigenvalue weighted by Gasteiger charge is -2.30. The van der Waals surface area contributed by atoms with Gasteiger partial charge in [-0.25, -0.2) is 0 Å². The van der Waals surface area contributed by atoms with Gasteiger partial charge in [0, 0.05) is 13.7 Å². The summed E-state index contributed by atoms with van der Waals surface area (Å²) in [5.74, 6) is 0. The van der Waals surface area contributed by atoms with E-state index in [2.05, 4.69) is 13.8 Å². The van der Waals surface area contributed by atoms with Crippen molar-refractivity contribution in [2.24, 2.45) is 5.73 Å². The fraction of sp³-hybridized carbons (Fsp3) is 1.00. The van der Waals surface area contributed by atoms with Crippen molar-refractivity contribution in [2.45, 2.75) is 32.3 Å². The second kappa shape index (κ2) is 9.09. The fourth-order valence-electron chi connectivity index (χ4n) is 1.36. The van der Waals surface area contributed by atoms with E-state index in [0.29, 0.717) is 33.0 Å². The summed E-state index contributed by atoms with van der Waals surface area (Å²) in [6, 6.07) is 0. The van der Waals surface area contributed by atoms with Gasteiger partial charge < -0.3 is 19.9 Å². The molecule has 0 radical (unpaired) electrons. The molecule has 4 heteroatoms. The SMILES string of the molecule is CCC(CC)(CN)OCCOCCOC. The molecule has 0 rings (SSSR count). The van der Waals surface area contributed by atoms with Crippen LogP contribution in [0.25, 0.3) is 0 Å². The zero-order valence-corrected chi connectivity index (χ0v) is 10.3. The molecule has 0 atom stereocenters. The van der Waals surface area contributed by atoms with Crippen molar-refractivity contribution in [1.82, 2.24) is 0 Å². The van der Waals surface area contributed by atoms with Gasteiger partial charge in [0.25, 0.3) is 0 Å². The molecule has 0 aliphatic carbocycles. The Kier molecular flexibility index (Phi) is 9.00. The normalized spacial score (nSPS) is 12.0. The number of hydrogen-bond donors (Lipinski definition) is 1. The van der Waals surface area contributed by atoms with Crippen molar-refractivity contribution in [3.63, 3.8) is 0 Å². The maximum Gasteiger partial charge on any atom is 0.0800 e. The quantitative estimate of drug-likeness (QED) is 0.561. The van der Waals surface area contributed by atoms with Crippen LogP contribution in [-0.2, 0) is 14.2 Å². The smallest absolute Gasteiger partial charge is 0.0800 e. The van der Waals surface area contributed by atoms with Crippen LogP contribution in [0.2, 0.25) is 0 Å². The van der Waals surface area contributed by atoms with Crippen LogP contribution in [0.1, 0.15) is 26.7 Å². The lowest BCUT2D eigenvalue weighted by atomic mass is 9.97. The molecule has 0 saturated heterocycles. The molecule has 0 unspecified atom stereocenters. The highest BCUT2D eigenvalue weighted by Gasteiger charge is 2.24. The van der Waals surface area contributed by atoms with Gasteiger partial charge in [-0.1, -0.05) is 13.8 Å². The van der Waals surface area contributed by atoms with Crippen molar-refractivity contribution in [3.8, 4) is 0 Å². The standard InChI is InChI=1S/C11H25NO3/c1-4-11(5-2,10-12)15-9-8-14-7-6-13-3/h4-10,12H2,1-3H3. The second-order valence-electron chi connectivity index (χ2n) is 3.55. The average Bonchev–Trinajstić information content (AvgIpc) is 2.29. The van der Waals surface area contributed by atoms with Crippen molar-refractivity contribution in [2.75, 3.05) is 40.1 Å². The summed E-state index contributed by atoms with van der Waals surface area (Å²) in [5.41, 5.74) is 5.54. The van der Waals surface area contributed by atoms with Crippen LogP contribution in [0.3, 0.4) is 0 Å². The molecule has 0 aliphatic heterocycles. The Bertz CT molecular complexity index is 130. The molecule has 0 aromatic heterocycles. The highest BCUT2D eigenvalue weighted by Crippen LogP contribution is 2.18. The third-order valence-electron chi connectivity index (χ3n) is 2.73. The third kappa shape index (κ3) is 6.10. The van der Waals surface area contributed by atoms with Gasteiger partial charge in [0.2, 0.25) is 0 Å². The molecule has 0 aliphatic rings. The van der Waals surface area contributed by atoms with Crippen LogP contribution in [0, 0.1) is 0 Å². The van der Waals surface area contributed by atoms with Crippen LogP contribution in [0.5, 0.6) is 0 Å². The maximum atomic E-state index is 5.77. The Balaban J connectivity index is 3.54. The van der Waals surface area contributed by atoms with E-state index >= 15 is 0 Å². The van der Waals surface area contributed by atoms with E-state index in [1.54, 1.807) is 7.11 Å². The number of nitrogens with two attached hydrogens (primary N) is 1. The summed E-state index contributed by atoms with van der Waals surface area (Å²) in [6.45, 7) is 7.22. The molecular formula is C11H25NO3. The average molecular weight is 219 g/mol. The monoisotopic (exact) mass is 219 g/mol. The van der Waals surface area contributed by atoms with Crippen molar-refractivity contribution >= 4 is 0 Å². The van der Waals surface area contributed by atoms with Crippen LogP contribution >= 0.6 is 0 Å². The Labute approximate surface area is 93.1 Å². The van der Waals surface area contributed by atoms with E-state index in [-0.39, 0.29) is 5.60 Å². The van der Waals surface area contributed by atoms with Gasteiger partial charge in [-0.2, -0.15) is 0 Å². The summed E-state index contributed by atoms with van der Waals surface area (Å²) in [5, 5.41) is 0. The maximum absolute atomic E-state index is 5.77. The van der Waals surface area contributed by atoms with Gasteiger partial charge in [-0.3, -0.25) is 0 Å². The molecule has 0 aromatic carbocycles. The van der Waals surface area contributed by atoms with Gasteiger partial charge in [0.05, 0.1) is 32.0 Å². The van der Waals surface area contributed by atoms with Crippen molar-refractivity contribution in [1.29, 1.82) is 0 Å². The largest absolute Gasteiger partial charge is 0.382 e. The highest BCUT2D eigenvalue weighted by molar-refractivity contribution is 4.78. The first-order valence-corrected chi connectivity index (χ1v) is 5.65. The molecule has 0 amide bonds. The van der Waals surface area contributed by atoms with E-state index in [4.69, 9.17) is 19.9 Å². The Morgan fingerprint density at radius 3 is 2.07 bits per heavy atom. The molecule has 0 saturated carbocycles. The zero-order valence-electron chi connectivity index (χ0n) is 10.3. The van der Waals surface area contributed by atoms with E-state index in [1.165, 1.54) is 0 Å². The second-order valence-corrected chi connectivity index (χ2v) is 3.55. The number of methoxy groups -OCH3 is 1. The highest BCUT2D eigenvalue weighted by atomic mass is 16.5. The molecule has 0 aromatic rings. The molecule has 2 N–H and O–H groups in total. The topological polar surface area (TPSA) is 53.7 Å². The summed E-state index contributed by atoms with van der Waals surface area (Å²) in [7, 11) is 1.66. The van der Waals surface area contributed by atoms with Gasteiger partial charge in [-0.15, -0.1) is 0 Å². The van der Waals surface area contributed by atoms with E-state index in [9.17, 15) is 0 Å².